The van der Waals surface area contributed by atoms with E-state index in [9.17, 15) is 5.11 Å². The monoisotopic (exact) mass is 246 g/mol. The predicted molar refractivity (Wildman–Crippen MR) is 72.2 cm³/mol. The molecular formula is C15H18O3. The van der Waals surface area contributed by atoms with Crippen LogP contribution in [0.1, 0.15) is 13.8 Å². The molecule has 0 saturated heterocycles. The van der Waals surface area contributed by atoms with Crippen LogP contribution in [0.5, 0.6) is 11.5 Å². The van der Waals surface area contributed by atoms with Gasteiger partial charge in [0.15, 0.2) is 11.5 Å². The molecule has 1 N–H and O–H groups in total. The van der Waals surface area contributed by atoms with E-state index >= 15 is 0 Å². The van der Waals surface area contributed by atoms with Crippen LogP contribution in [0.25, 0.3) is 10.8 Å². The maximum atomic E-state index is 9.85. The molecule has 0 radical (unpaired) electrons. The fourth-order valence-electron chi connectivity index (χ4n) is 1.76. The Bertz CT molecular complexity index is 520. The Hall–Kier alpha value is -1.74. The van der Waals surface area contributed by atoms with Gasteiger partial charge >= 0.3 is 0 Å². The Labute approximate surface area is 107 Å². The van der Waals surface area contributed by atoms with Crippen molar-refractivity contribution in [2.45, 2.75) is 20.0 Å². The van der Waals surface area contributed by atoms with E-state index in [1.807, 2.05) is 44.2 Å². The summed E-state index contributed by atoms with van der Waals surface area (Å²) in [7, 11) is 0. The van der Waals surface area contributed by atoms with Gasteiger partial charge in [0.05, 0.1) is 12.7 Å². The summed E-state index contributed by atoms with van der Waals surface area (Å²) in [6, 6.07) is 11.4. The number of benzene rings is 2. The van der Waals surface area contributed by atoms with Crippen LogP contribution in [0.2, 0.25) is 0 Å². The van der Waals surface area contributed by atoms with Crippen molar-refractivity contribution in [2.75, 3.05) is 13.2 Å². The van der Waals surface area contributed by atoms with Gasteiger partial charge in [0, 0.05) is 0 Å². The fraction of sp³-hybridized carbons (Fsp3) is 0.333. The summed E-state index contributed by atoms with van der Waals surface area (Å²) in [4.78, 5) is 0. The van der Waals surface area contributed by atoms with E-state index in [1.54, 1.807) is 6.07 Å². The lowest BCUT2D eigenvalue weighted by Crippen LogP contribution is -2.11. The number of phenolic OH excluding ortho intramolecular Hbond substituents is 1. The highest BCUT2D eigenvalue weighted by Crippen LogP contribution is 2.31. The minimum Gasteiger partial charge on any atom is -0.504 e. The molecule has 0 bridgehead atoms. The number of hydrogen-bond donors (Lipinski definition) is 1. The maximum Gasteiger partial charge on any atom is 0.161 e. The quantitative estimate of drug-likeness (QED) is 0.822. The summed E-state index contributed by atoms with van der Waals surface area (Å²) in [5.41, 5.74) is 0. The lowest BCUT2D eigenvalue weighted by Gasteiger charge is -2.11. The van der Waals surface area contributed by atoms with Gasteiger partial charge in [-0.15, -0.1) is 0 Å². The number of ether oxygens (including phenoxy) is 2. The zero-order chi connectivity index (χ0) is 13.0. The lowest BCUT2D eigenvalue weighted by molar-refractivity contribution is 0.0547. The molecule has 0 aliphatic carbocycles. The smallest absolute Gasteiger partial charge is 0.161 e. The second-order valence-electron chi connectivity index (χ2n) is 4.44. The highest BCUT2D eigenvalue weighted by molar-refractivity contribution is 5.85. The fourth-order valence-corrected chi connectivity index (χ4v) is 1.76. The first-order valence-electron chi connectivity index (χ1n) is 6.13. The number of phenols is 1. The van der Waals surface area contributed by atoms with Crippen LogP contribution in [-0.4, -0.2) is 24.4 Å². The van der Waals surface area contributed by atoms with Crippen LogP contribution in [-0.2, 0) is 4.74 Å². The molecule has 0 atom stereocenters. The molecule has 0 spiro atoms. The number of fused-ring (bicyclic) bond motifs is 1. The molecule has 0 heterocycles. The zero-order valence-electron chi connectivity index (χ0n) is 10.7. The first kappa shape index (κ1) is 12.7. The molecule has 3 nitrogen and oxygen atoms in total. The van der Waals surface area contributed by atoms with E-state index in [4.69, 9.17) is 9.47 Å². The molecule has 18 heavy (non-hydrogen) atoms. The Morgan fingerprint density at radius 3 is 2.39 bits per heavy atom. The van der Waals surface area contributed by atoms with Gasteiger partial charge in [-0.2, -0.15) is 0 Å². The van der Waals surface area contributed by atoms with Crippen molar-refractivity contribution in [2.24, 2.45) is 0 Å². The van der Waals surface area contributed by atoms with Crippen LogP contribution in [0.4, 0.5) is 0 Å². The van der Waals surface area contributed by atoms with Gasteiger partial charge < -0.3 is 14.6 Å². The Morgan fingerprint density at radius 2 is 1.72 bits per heavy atom. The van der Waals surface area contributed by atoms with Gasteiger partial charge in [-0.1, -0.05) is 24.3 Å². The van der Waals surface area contributed by atoms with Crippen molar-refractivity contribution in [1.29, 1.82) is 0 Å². The van der Waals surface area contributed by atoms with E-state index in [0.717, 1.165) is 10.8 Å². The molecule has 2 rings (SSSR count). The SMILES string of the molecule is CC(C)OCCOc1cc2ccccc2cc1O. The summed E-state index contributed by atoms with van der Waals surface area (Å²) in [6.07, 6.45) is 0.193. The average molecular weight is 246 g/mol. The van der Waals surface area contributed by atoms with Gasteiger partial charge in [0.1, 0.15) is 6.61 Å². The molecule has 0 unspecified atom stereocenters. The second kappa shape index (κ2) is 5.74. The minimum absolute atomic E-state index is 0.165. The summed E-state index contributed by atoms with van der Waals surface area (Å²) >= 11 is 0. The number of rotatable bonds is 5. The highest BCUT2D eigenvalue weighted by atomic mass is 16.5. The van der Waals surface area contributed by atoms with Crippen molar-refractivity contribution >= 4 is 10.8 Å². The van der Waals surface area contributed by atoms with Crippen molar-refractivity contribution in [3.8, 4) is 11.5 Å². The van der Waals surface area contributed by atoms with Crippen molar-refractivity contribution in [3.63, 3.8) is 0 Å². The molecule has 0 amide bonds. The maximum absolute atomic E-state index is 9.85. The van der Waals surface area contributed by atoms with Crippen LogP contribution in [0, 0.1) is 0 Å². The van der Waals surface area contributed by atoms with E-state index in [2.05, 4.69) is 0 Å². The first-order chi connectivity index (χ1) is 8.66. The summed E-state index contributed by atoms with van der Waals surface area (Å²) < 4.78 is 10.9. The normalized spacial score (nSPS) is 11.1. The number of hydrogen-bond acceptors (Lipinski definition) is 3. The summed E-state index contributed by atoms with van der Waals surface area (Å²) in [5, 5.41) is 11.9. The van der Waals surface area contributed by atoms with Gasteiger partial charge in [0.2, 0.25) is 0 Å². The molecule has 96 valence electrons. The predicted octanol–water partition coefficient (Wildman–Crippen LogP) is 3.35. The van der Waals surface area contributed by atoms with Crippen LogP contribution < -0.4 is 4.74 Å². The van der Waals surface area contributed by atoms with Crippen molar-refractivity contribution in [1.82, 2.24) is 0 Å². The van der Waals surface area contributed by atoms with Crippen LogP contribution in [0.3, 0.4) is 0 Å². The standard InChI is InChI=1S/C15H18O3/c1-11(2)17-7-8-18-15-10-13-6-4-3-5-12(13)9-14(15)16/h3-6,9-11,16H,7-8H2,1-2H3. The molecule has 0 aliphatic rings. The lowest BCUT2D eigenvalue weighted by atomic mass is 10.1. The summed E-state index contributed by atoms with van der Waals surface area (Å²) in [6.45, 7) is 4.91. The largest absolute Gasteiger partial charge is 0.504 e. The molecular weight excluding hydrogens is 228 g/mol. The van der Waals surface area contributed by atoms with Gasteiger partial charge in [-0.05, 0) is 36.8 Å². The van der Waals surface area contributed by atoms with Crippen LogP contribution in [0.15, 0.2) is 36.4 Å². The molecule has 3 heteroatoms. The average Bonchev–Trinajstić information content (AvgIpc) is 2.34. The van der Waals surface area contributed by atoms with Crippen molar-refractivity contribution in [3.05, 3.63) is 36.4 Å². The molecule has 0 aromatic heterocycles. The molecule has 0 aliphatic heterocycles. The number of aromatic hydroxyl groups is 1. The zero-order valence-corrected chi connectivity index (χ0v) is 10.7. The van der Waals surface area contributed by atoms with E-state index in [-0.39, 0.29) is 11.9 Å². The van der Waals surface area contributed by atoms with Crippen LogP contribution >= 0.6 is 0 Å². The Balaban J connectivity index is 2.06. The van der Waals surface area contributed by atoms with E-state index < -0.39 is 0 Å². The van der Waals surface area contributed by atoms with Gasteiger partial charge in [0.25, 0.3) is 0 Å². The molecule has 2 aromatic rings. The van der Waals surface area contributed by atoms with E-state index in [1.165, 1.54) is 0 Å². The molecule has 2 aromatic carbocycles. The van der Waals surface area contributed by atoms with E-state index in [0.29, 0.717) is 19.0 Å². The second-order valence-corrected chi connectivity index (χ2v) is 4.44. The van der Waals surface area contributed by atoms with Gasteiger partial charge in [-0.3, -0.25) is 0 Å². The topological polar surface area (TPSA) is 38.7 Å². The first-order valence-corrected chi connectivity index (χ1v) is 6.13. The Morgan fingerprint density at radius 1 is 1.06 bits per heavy atom. The van der Waals surface area contributed by atoms with Crippen molar-refractivity contribution < 1.29 is 14.6 Å². The third-order valence-corrected chi connectivity index (χ3v) is 2.62. The minimum atomic E-state index is 0.165. The highest BCUT2D eigenvalue weighted by Gasteiger charge is 2.05. The summed E-state index contributed by atoms with van der Waals surface area (Å²) in [5.74, 6) is 0.666. The van der Waals surface area contributed by atoms with Gasteiger partial charge in [-0.25, -0.2) is 0 Å². The Kier molecular flexibility index (Phi) is 4.05. The molecule has 0 fully saturated rings. The molecule has 0 saturated carbocycles. The third kappa shape index (κ3) is 3.14. The third-order valence-electron chi connectivity index (χ3n) is 2.62.